The molecule has 1 spiro atoms. The average molecular weight is 237 g/mol. The monoisotopic (exact) mass is 237 g/mol. The third kappa shape index (κ3) is 1.49. The van der Waals surface area contributed by atoms with Gasteiger partial charge in [0.15, 0.2) is 5.96 Å². The Labute approximate surface area is 103 Å². The number of nitrogens with zero attached hydrogens (tertiary/aromatic N) is 1. The van der Waals surface area contributed by atoms with Crippen molar-refractivity contribution in [1.29, 1.82) is 0 Å². The molecule has 0 radical (unpaired) electrons. The summed E-state index contributed by atoms with van der Waals surface area (Å²) in [6.45, 7) is 0.952. The van der Waals surface area contributed by atoms with Gasteiger partial charge >= 0.3 is 0 Å². The van der Waals surface area contributed by atoms with Gasteiger partial charge in [-0.3, -0.25) is 4.99 Å². The number of hydrogen-bond acceptors (Lipinski definition) is 2. The van der Waals surface area contributed by atoms with Crippen LogP contribution in [0.5, 0.6) is 0 Å². The molecule has 3 aliphatic rings. The number of nitrogens with one attached hydrogen (secondary N) is 2. The molecule has 0 aromatic rings. The summed E-state index contributed by atoms with van der Waals surface area (Å²) >= 11 is 0. The largest absolute Gasteiger partial charge is 0.377 e. The molecule has 1 aliphatic heterocycles. The Morgan fingerprint density at radius 2 is 2.12 bits per heavy atom. The smallest absolute Gasteiger partial charge is 0.190 e. The number of fused-ring (bicyclic) bond motifs is 2. The van der Waals surface area contributed by atoms with Crippen LogP contribution in [0.25, 0.3) is 0 Å². The summed E-state index contributed by atoms with van der Waals surface area (Å²) in [5.74, 6) is 1.63. The zero-order valence-electron chi connectivity index (χ0n) is 10.8. The summed E-state index contributed by atoms with van der Waals surface area (Å²) in [5.41, 5.74) is 0.411. The third-order valence-corrected chi connectivity index (χ3v) is 5.04. The zero-order valence-corrected chi connectivity index (χ0v) is 10.8. The van der Waals surface area contributed by atoms with E-state index in [1.807, 2.05) is 14.1 Å². The van der Waals surface area contributed by atoms with Gasteiger partial charge in [-0.1, -0.05) is 12.8 Å². The Morgan fingerprint density at radius 3 is 2.76 bits per heavy atom. The fraction of sp³-hybridized carbons (Fsp3) is 0.923. The molecule has 2 aliphatic carbocycles. The lowest BCUT2D eigenvalue weighted by molar-refractivity contribution is -0.124. The maximum Gasteiger partial charge on any atom is 0.190 e. The van der Waals surface area contributed by atoms with Gasteiger partial charge in [0.2, 0.25) is 0 Å². The highest BCUT2D eigenvalue weighted by atomic mass is 16.5. The first-order valence-corrected chi connectivity index (χ1v) is 6.84. The Hall–Kier alpha value is -0.770. The number of aliphatic imine (C=N–C) groups is 1. The lowest BCUT2D eigenvalue weighted by Gasteiger charge is -2.57. The van der Waals surface area contributed by atoms with Gasteiger partial charge in [-0.15, -0.1) is 0 Å². The normalized spacial score (nSPS) is 38.9. The van der Waals surface area contributed by atoms with Crippen molar-refractivity contribution >= 4 is 5.96 Å². The van der Waals surface area contributed by atoms with Gasteiger partial charge < -0.3 is 15.4 Å². The second kappa shape index (κ2) is 4.16. The number of guanidine groups is 1. The Bertz CT molecular complexity index is 323. The first-order chi connectivity index (χ1) is 8.31. The topological polar surface area (TPSA) is 45.7 Å². The molecule has 1 saturated heterocycles. The SMILES string of the molecule is CN=C(NC)NC1C2CCOC2C12CCCC2. The highest BCUT2D eigenvalue weighted by Gasteiger charge is 2.65. The minimum atomic E-state index is 0.411. The first kappa shape index (κ1) is 11.3. The van der Waals surface area contributed by atoms with Crippen LogP contribution in [0.1, 0.15) is 32.1 Å². The molecular formula is C13H23N3O. The van der Waals surface area contributed by atoms with Crippen LogP contribution in [-0.4, -0.2) is 38.8 Å². The summed E-state index contributed by atoms with van der Waals surface area (Å²) < 4.78 is 5.97. The molecule has 0 amide bonds. The molecule has 96 valence electrons. The molecule has 0 aromatic carbocycles. The zero-order chi connectivity index (χ0) is 11.9. The van der Waals surface area contributed by atoms with Crippen LogP contribution in [0.3, 0.4) is 0 Å². The maximum absolute atomic E-state index is 5.97. The molecule has 2 saturated carbocycles. The standard InChI is InChI=1S/C13H23N3O/c1-14-12(15-2)16-10-9-5-8-17-11(9)13(10)6-3-4-7-13/h9-11H,3-8H2,1-2H3,(H2,14,15,16). The third-order valence-electron chi connectivity index (χ3n) is 5.04. The van der Waals surface area contributed by atoms with E-state index in [-0.39, 0.29) is 0 Å². The molecule has 3 atom stereocenters. The van der Waals surface area contributed by atoms with E-state index in [1.165, 1.54) is 32.1 Å². The Balaban J connectivity index is 1.77. The molecule has 1 heterocycles. The number of hydrogen-bond donors (Lipinski definition) is 2. The van der Waals surface area contributed by atoms with Gasteiger partial charge in [0.25, 0.3) is 0 Å². The van der Waals surface area contributed by atoms with Crippen LogP contribution in [0.4, 0.5) is 0 Å². The minimum Gasteiger partial charge on any atom is -0.377 e. The van der Waals surface area contributed by atoms with Gasteiger partial charge in [0.05, 0.1) is 6.10 Å². The van der Waals surface area contributed by atoms with Crippen molar-refractivity contribution in [2.45, 2.75) is 44.2 Å². The van der Waals surface area contributed by atoms with Crippen LogP contribution in [-0.2, 0) is 4.74 Å². The highest BCUT2D eigenvalue weighted by Crippen LogP contribution is 2.60. The van der Waals surface area contributed by atoms with Gasteiger partial charge in [0, 0.05) is 38.1 Å². The first-order valence-electron chi connectivity index (χ1n) is 6.84. The second-order valence-corrected chi connectivity index (χ2v) is 5.63. The average Bonchev–Trinajstić information content (AvgIpc) is 2.98. The molecule has 3 rings (SSSR count). The van der Waals surface area contributed by atoms with Crippen molar-refractivity contribution in [2.24, 2.45) is 16.3 Å². The molecule has 0 aromatic heterocycles. The fourth-order valence-corrected chi connectivity index (χ4v) is 4.30. The van der Waals surface area contributed by atoms with Crippen LogP contribution in [0, 0.1) is 11.3 Å². The molecule has 2 N–H and O–H groups in total. The van der Waals surface area contributed by atoms with Crippen LogP contribution >= 0.6 is 0 Å². The van der Waals surface area contributed by atoms with E-state index in [2.05, 4.69) is 15.6 Å². The van der Waals surface area contributed by atoms with Crippen LogP contribution < -0.4 is 10.6 Å². The Kier molecular flexibility index (Phi) is 2.77. The van der Waals surface area contributed by atoms with Gasteiger partial charge in [-0.05, 0) is 19.3 Å². The van der Waals surface area contributed by atoms with Crippen molar-refractivity contribution in [3.05, 3.63) is 0 Å². The molecule has 3 unspecified atom stereocenters. The summed E-state index contributed by atoms with van der Waals surface area (Å²) in [7, 11) is 3.76. The molecule has 3 fully saturated rings. The van der Waals surface area contributed by atoms with Crippen molar-refractivity contribution in [1.82, 2.24) is 10.6 Å². The van der Waals surface area contributed by atoms with Crippen molar-refractivity contribution in [2.75, 3.05) is 20.7 Å². The lowest BCUT2D eigenvalue weighted by atomic mass is 9.54. The number of rotatable bonds is 1. The van der Waals surface area contributed by atoms with Gasteiger partial charge in [0.1, 0.15) is 0 Å². The second-order valence-electron chi connectivity index (χ2n) is 5.63. The number of ether oxygens (including phenoxy) is 1. The summed E-state index contributed by atoms with van der Waals surface area (Å²) in [6, 6.07) is 0.573. The fourth-order valence-electron chi connectivity index (χ4n) is 4.30. The summed E-state index contributed by atoms with van der Waals surface area (Å²) in [6.07, 6.45) is 7.12. The van der Waals surface area contributed by atoms with Crippen molar-refractivity contribution in [3.8, 4) is 0 Å². The van der Waals surface area contributed by atoms with E-state index in [9.17, 15) is 0 Å². The molecule has 4 heteroatoms. The summed E-state index contributed by atoms with van der Waals surface area (Å²) in [4.78, 5) is 4.25. The molecule has 17 heavy (non-hydrogen) atoms. The molecule has 4 nitrogen and oxygen atoms in total. The maximum atomic E-state index is 5.97. The van der Waals surface area contributed by atoms with E-state index in [4.69, 9.17) is 4.74 Å². The lowest BCUT2D eigenvalue weighted by Crippen LogP contribution is -2.69. The predicted molar refractivity (Wildman–Crippen MR) is 68.1 cm³/mol. The highest BCUT2D eigenvalue weighted by molar-refractivity contribution is 5.80. The molecular weight excluding hydrogens is 214 g/mol. The van der Waals surface area contributed by atoms with E-state index < -0.39 is 0 Å². The van der Waals surface area contributed by atoms with E-state index in [1.54, 1.807) is 0 Å². The van der Waals surface area contributed by atoms with Gasteiger partial charge in [-0.25, -0.2) is 0 Å². The predicted octanol–water partition coefficient (Wildman–Crippen LogP) is 1.13. The minimum absolute atomic E-state index is 0.411. The van der Waals surface area contributed by atoms with Gasteiger partial charge in [-0.2, -0.15) is 0 Å². The van der Waals surface area contributed by atoms with E-state index >= 15 is 0 Å². The van der Waals surface area contributed by atoms with Crippen LogP contribution in [0.2, 0.25) is 0 Å². The summed E-state index contributed by atoms with van der Waals surface area (Å²) in [5, 5.41) is 6.75. The molecule has 0 bridgehead atoms. The van der Waals surface area contributed by atoms with E-state index in [0.717, 1.165) is 12.6 Å². The van der Waals surface area contributed by atoms with Crippen molar-refractivity contribution < 1.29 is 4.74 Å². The van der Waals surface area contributed by atoms with Crippen molar-refractivity contribution in [3.63, 3.8) is 0 Å². The Morgan fingerprint density at radius 1 is 1.35 bits per heavy atom. The quantitative estimate of drug-likeness (QED) is 0.531. The van der Waals surface area contributed by atoms with Crippen LogP contribution in [0.15, 0.2) is 4.99 Å². The van der Waals surface area contributed by atoms with E-state index in [0.29, 0.717) is 23.5 Å².